The Bertz CT molecular complexity index is 545. The maximum Gasteiger partial charge on any atom is 0.120 e. The summed E-state index contributed by atoms with van der Waals surface area (Å²) < 4.78 is 17.7. The van der Waals surface area contributed by atoms with Gasteiger partial charge in [0.15, 0.2) is 0 Å². The molecule has 2 rings (SSSR count). The van der Waals surface area contributed by atoms with Crippen molar-refractivity contribution in [1.82, 2.24) is 4.98 Å². The molecule has 2 N–H and O–H groups in total. The van der Waals surface area contributed by atoms with Crippen LogP contribution in [0.4, 0.5) is 4.39 Å². The Morgan fingerprint density at radius 1 is 1.39 bits per heavy atom. The molecular formula is C13H14ClFN2O. The van der Waals surface area contributed by atoms with Gasteiger partial charge in [0.1, 0.15) is 12.4 Å². The van der Waals surface area contributed by atoms with E-state index < -0.39 is 0 Å². The van der Waals surface area contributed by atoms with Gasteiger partial charge in [0.05, 0.1) is 11.8 Å². The summed E-state index contributed by atoms with van der Waals surface area (Å²) in [6.45, 7) is 0.324. The van der Waals surface area contributed by atoms with Crippen LogP contribution in [-0.4, -0.2) is 18.1 Å². The van der Waals surface area contributed by atoms with E-state index in [1.165, 1.54) is 0 Å². The lowest BCUT2D eigenvalue weighted by Gasteiger charge is -2.07. The second kappa shape index (κ2) is 6.93. The van der Waals surface area contributed by atoms with E-state index in [4.69, 9.17) is 10.5 Å². The topological polar surface area (TPSA) is 48.1 Å². The van der Waals surface area contributed by atoms with Crippen molar-refractivity contribution in [2.24, 2.45) is 5.73 Å². The third-order valence-corrected chi connectivity index (χ3v) is 2.42. The van der Waals surface area contributed by atoms with Crippen molar-refractivity contribution < 1.29 is 9.13 Å². The van der Waals surface area contributed by atoms with E-state index >= 15 is 0 Å². The van der Waals surface area contributed by atoms with E-state index in [1.807, 2.05) is 30.3 Å². The molecule has 2 aromatic rings. The SMILES string of the molecule is Cl.NC/C(=C\F)COc1ccc2ncccc2c1. The summed E-state index contributed by atoms with van der Waals surface area (Å²) in [7, 11) is 0. The number of ether oxygens (including phenoxy) is 1. The van der Waals surface area contributed by atoms with Crippen molar-refractivity contribution >= 4 is 23.3 Å². The number of hydrogen-bond donors (Lipinski definition) is 1. The van der Waals surface area contributed by atoms with Crippen molar-refractivity contribution in [2.75, 3.05) is 13.2 Å². The molecule has 0 unspecified atom stereocenters. The number of nitrogens with two attached hydrogens (primary N) is 1. The van der Waals surface area contributed by atoms with E-state index in [0.717, 1.165) is 10.9 Å². The van der Waals surface area contributed by atoms with Gasteiger partial charge in [-0.15, -0.1) is 12.4 Å². The summed E-state index contributed by atoms with van der Waals surface area (Å²) in [5.41, 5.74) is 6.67. The molecular weight excluding hydrogens is 255 g/mol. The highest BCUT2D eigenvalue weighted by Gasteiger charge is 2.00. The van der Waals surface area contributed by atoms with Gasteiger partial charge in [0.25, 0.3) is 0 Å². The molecule has 0 amide bonds. The van der Waals surface area contributed by atoms with E-state index in [0.29, 0.717) is 17.7 Å². The average Bonchev–Trinajstić information content (AvgIpc) is 2.40. The number of fused-ring (bicyclic) bond motifs is 1. The lowest BCUT2D eigenvalue weighted by atomic mass is 10.2. The monoisotopic (exact) mass is 268 g/mol. The molecule has 0 bridgehead atoms. The Morgan fingerprint density at radius 3 is 2.94 bits per heavy atom. The van der Waals surface area contributed by atoms with Crippen LogP contribution in [0.1, 0.15) is 0 Å². The van der Waals surface area contributed by atoms with E-state index in [-0.39, 0.29) is 25.6 Å². The highest BCUT2D eigenvalue weighted by molar-refractivity contribution is 5.85. The molecule has 96 valence electrons. The van der Waals surface area contributed by atoms with Gasteiger partial charge in [0, 0.05) is 23.7 Å². The molecule has 0 atom stereocenters. The first-order chi connectivity index (χ1) is 8.33. The molecule has 1 aromatic heterocycles. The molecule has 0 saturated heterocycles. The van der Waals surface area contributed by atoms with Crippen molar-refractivity contribution in [1.29, 1.82) is 0 Å². The van der Waals surface area contributed by atoms with Gasteiger partial charge in [0.2, 0.25) is 0 Å². The van der Waals surface area contributed by atoms with Crippen LogP contribution in [0.2, 0.25) is 0 Å². The van der Waals surface area contributed by atoms with Crippen LogP contribution in [-0.2, 0) is 0 Å². The van der Waals surface area contributed by atoms with Gasteiger partial charge in [-0.1, -0.05) is 6.07 Å². The van der Waals surface area contributed by atoms with Gasteiger partial charge >= 0.3 is 0 Å². The number of halogens is 2. The average molecular weight is 269 g/mol. The maximum absolute atomic E-state index is 12.3. The fourth-order valence-electron chi connectivity index (χ4n) is 1.45. The molecule has 0 radical (unpaired) electrons. The predicted molar refractivity (Wildman–Crippen MR) is 72.7 cm³/mol. The van der Waals surface area contributed by atoms with Crippen molar-refractivity contribution in [3.8, 4) is 5.75 Å². The Hall–Kier alpha value is -1.65. The normalized spacial score (nSPS) is 11.1. The van der Waals surface area contributed by atoms with E-state index in [1.54, 1.807) is 6.20 Å². The summed E-state index contributed by atoms with van der Waals surface area (Å²) in [4.78, 5) is 4.20. The van der Waals surface area contributed by atoms with Crippen LogP contribution in [0.5, 0.6) is 5.75 Å². The predicted octanol–water partition coefficient (Wildman–Crippen LogP) is 2.85. The van der Waals surface area contributed by atoms with E-state index in [2.05, 4.69) is 4.98 Å². The second-order valence-electron chi connectivity index (χ2n) is 3.62. The number of benzene rings is 1. The first kappa shape index (κ1) is 14.4. The summed E-state index contributed by atoms with van der Waals surface area (Å²) in [5, 5.41) is 0.989. The van der Waals surface area contributed by atoms with Crippen LogP contribution < -0.4 is 10.5 Å². The minimum absolute atomic E-state index is 0. The molecule has 18 heavy (non-hydrogen) atoms. The zero-order chi connectivity index (χ0) is 12.1. The van der Waals surface area contributed by atoms with Crippen LogP contribution in [0, 0.1) is 0 Å². The van der Waals surface area contributed by atoms with Crippen molar-refractivity contribution in [2.45, 2.75) is 0 Å². The Morgan fingerprint density at radius 2 is 2.22 bits per heavy atom. The number of rotatable bonds is 4. The van der Waals surface area contributed by atoms with Crippen LogP contribution in [0.25, 0.3) is 10.9 Å². The van der Waals surface area contributed by atoms with Crippen molar-refractivity contribution in [3.05, 3.63) is 48.4 Å². The minimum atomic E-state index is 0. The number of hydrogen-bond acceptors (Lipinski definition) is 3. The summed E-state index contributed by atoms with van der Waals surface area (Å²) >= 11 is 0. The number of aromatic nitrogens is 1. The van der Waals surface area contributed by atoms with Crippen molar-refractivity contribution in [3.63, 3.8) is 0 Å². The highest BCUT2D eigenvalue weighted by atomic mass is 35.5. The molecule has 3 nitrogen and oxygen atoms in total. The minimum Gasteiger partial charge on any atom is -0.489 e. The fourth-order valence-corrected chi connectivity index (χ4v) is 1.45. The number of nitrogens with zero attached hydrogens (tertiary/aromatic N) is 1. The highest BCUT2D eigenvalue weighted by Crippen LogP contribution is 2.19. The molecule has 0 aliphatic carbocycles. The Kier molecular flexibility index (Phi) is 5.55. The number of pyridine rings is 1. The summed E-state index contributed by atoms with van der Waals surface area (Å²) in [6, 6.07) is 9.35. The van der Waals surface area contributed by atoms with Crippen LogP contribution in [0.3, 0.4) is 0 Å². The van der Waals surface area contributed by atoms with Gasteiger partial charge in [-0.05, 0) is 24.3 Å². The molecule has 1 aromatic carbocycles. The molecule has 1 heterocycles. The molecule has 0 aliphatic heterocycles. The van der Waals surface area contributed by atoms with Gasteiger partial charge in [-0.25, -0.2) is 4.39 Å². The third kappa shape index (κ3) is 3.42. The Labute approximate surface area is 111 Å². The lowest BCUT2D eigenvalue weighted by molar-refractivity contribution is 0.348. The molecule has 0 aliphatic rings. The third-order valence-electron chi connectivity index (χ3n) is 2.42. The summed E-state index contributed by atoms with van der Waals surface area (Å²) in [5.74, 6) is 0.679. The first-order valence-corrected chi connectivity index (χ1v) is 5.29. The largest absolute Gasteiger partial charge is 0.489 e. The molecule has 0 spiro atoms. The summed E-state index contributed by atoms with van der Waals surface area (Å²) in [6.07, 6.45) is 2.23. The fraction of sp³-hybridized carbons (Fsp3) is 0.154. The van der Waals surface area contributed by atoms with Gasteiger partial charge in [-0.2, -0.15) is 0 Å². The molecule has 0 saturated carbocycles. The zero-order valence-corrected chi connectivity index (χ0v) is 10.5. The Balaban J connectivity index is 0.00000162. The van der Waals surface area contributed by atoms with Crippen LogP contribution in [0.15, 0.2) is 48.4 Å². The maximum atomic E-state index is 12.3. The quantitative estimate of drug-likeness (QED) is 0.928. The standard InChI is InChI=1S/C13H13FN2O.ClH/c14-7-10(8-15)9-17-12-3-4-13-11(6-12)2-1-5-16-13;/h1-7H,8-9,15H2;1H/b10-7+;. The van der Waals surface area contributed by atoms with Gasteiger partial charge < -0.3 is 10.5 Å². The first-order valence-electron chi connectivity index (χ1n) is 5.29. The van der Waals surface area contributed by atoms with Crippen LogP contribution >= 0.6 is 12.4 Å². The van der Waals surface area contributed by atoms with Gasteiger partial charge in [-0.3, -0.25) is 4.98 Å². The lowest BCUT2D eigenvalue weighted by Crippen LogP contribution is -2.10. The molecule has 5 heteroatoms. The zero-order valence-electron chi connectivity index (χ0n) is 9.67. The molecule has 0 fully saturated rings. The van der Waals surface area contributed by atoms with E-state index in [9.17, 15) is 4.39 Å². The smallest absolute Gasteiger partial charge is 0.120 e. The second-order valence-corrected chi connectivity index (χ2v) is 3.62.